The number of hydrogen-bond donors (Lipinski definition) is 3. The molecule has 0 aliphatic carbocycles. The minimum absolute atomic E-state index is 0.0789. The van der Waals surface area contributed by atoms with Crippen molar-refractivity contribution in [2.75, 3.05) is 37.0 Å². The first-order valence-electron chi connectivity index (χ1n) is 6.11. The SMILES string of the molecule is CNc1nc(NCCS(=O)(=O)NC)nc(-n2ccnc2)n1. The van der Waals surface area contributed by atoms with Gasteiger partial charge in [0.15, 0.2) is 0 Å². The highest BCUT2D eigenvalue weighted by molar-refractivity contribution is 7.89. The third-order valence-electron chi connectivity index (χ3n) is 2.55. The second kappa shape index (κ2) is 6.45. The molecule has 2 aromatic heterocycles. The van der Waals surface area contributed by atoms with Crippen molar-refractivity contribution >= 4 is 21.9 Å². The third kappa shape index (κ3) is 4.10. The smallest absolute Gasteiger partial charge is 0.241 e. The summed E-state index contributed by atoms with van der Waals surface area (Å²) in [5.74, 6) is 0.952. The molecule has 0 aliphatic heterocycles. The van der Waals surface area contributed by atoms with Crippen LogP contribution in [0.4, 0.5) is 11.9 Å². The number of imidazole rings is 1. The number of nitrogens with one attached hydrogen (secondary N) is 3. The fraction of sp³-hybridized carbons (Fsp3) is 0.400. The van der Waals surface area contributed by atoms with Crippen molar-refractivity contribution in [2.45, 2.75) is 0 Å². The Morgan fingerprint density at radius 1 is 1.19 bits per heavy atom. The predicted octanol–water partition coefficient (Wildman–Crippen LogP) is -0.940. The van der Waals surface area contributed by atoms with Crippen LogP contribution < -0.4 is 15.4 Å². The van der Waals surface area contributed by atoms with Gasteiger partial charge >= 0.3 is 0 Å². The van der Waals surface area contributed by atoms with E-state index in [9.17, 15) is 8.42 Å². The van der Waals surface area contributed by atoms with Crippen LogP contribution in [0, 0.1) is 0 Å². The van der Waals surface area contributed by atoms with Crippen LogP contribution in [0.25, 0.3) is 5.95 Å². The van der Waals surface area contributed by atoms with Crippen molar-refractivity contribution < 1.29 is 8.42 Å². The van der Waals surface area contributed by atoms with E-state index in [1.165, 1.54) is 7.05 Å². The van der Waals surface area contributed by atoms with Gasteiger partial charge in [-0.25, -0.2) is 18.1 Å². The highest BCUT2D eigenvalue weighted by Gasteiger charge is 2.09. The van der Waals surface area contributed by atoms with Crippen LogP contribution in [0.5, 0.6) is 0 Å². The van der Waals surface area contributed by atoms with E-state index in [1.807, 2.05) is 0 Å². The lowest BCUT2D eigenvalue weighted by atomic mass is 10.7. The largest absolute Gasteiger partial charge is 0.357 e. The third-order valence-corrected chi connectivity index (χ3v) is 3.91. The average molecular weight is 312 g/mol. The van der Waals surface area contributed by atoms with Gasteiger partial charge in [-0.15, -0.1) is 0 Å². The maximum Gasteiger partial charge on any atom is 0.241 e. The fourth-order valence-corrected chi connectivity index (χ4v) is 2.02. The molecule has 0 amide bonds. The van der Waals surface area contributed by atoms with Crippen LogP contribution in [-0.2, 0) is 10.0 Å². The lowest BCUT2D eigenvalue weighted by Crippen LogP contribution is -2.26. The van der Waals surface area contributed by atoms with E-state index in [2.05, 4.69) is 35.3 Å². The molecule has 0 saturated heterocycles. The molecular formula is C10H16N8O2S. The van der Waals surface area contributed by atoms with E-state index in [1.54, 1.807) is 30.3 Å². The monoisotopic (exact) mass is 312 g/mol. The van der Waals surface area contributed by atoms with Gasteiger partial charge in [0, 0.05) is 26.0 Å². The normalized spacial score (nSPS) is 11.3. The Balaban J connectivity index is 2.14. The number of nitrogens with zero attached hydrogens (tertiary/aromatic N) is 5. The second-order valence-corrected chi connectivity index (χ2v) is 6.00. The summed E-state index contributed by atoms with van der Waals surface area (Å²) in [5, 5.41) is 5.68. The molecule has 0 atom stereocenters. The van der Waals surface area contributed by atoms with Gasteiger partial charge in [-0.2, -0.15) is 15.0 Å². The summed E-state index contributed by atoms with van der Waals surface area (Å²) in [4.78, 5) is 16.4. The fourth-order valence-electron chi connectivity index (χ4n) is 1.45. The quantitative estimate of drug-likeness (QED) is 0.598. The highest BCUT2D eigenvalue weighted by atomic mass is 32.2. The van der Waals surface area contributed by atoms with Crippen LogP contribution in [0.1, 0.15) is 0 Å². The summed E-state index contributed by atoms with van der Waals surface area (Å²) in [6, 6.07) is 0. The highest BCUT2D eigenvalue weighted by Crippen LogP contribution is 2.08. The lowest BCUT2D eigenvalue weighted by Gasteiger charge is -2.08. The Bertz CT molecular complexity index is 685. The van der Waals surface area contributed by atoms with E-state index >= 15 is 0 Å². The summed E-state index contributed by atoms with van der Waals surface area (Å²) in [7, 11) is -0.221. The van der Waals surface area contributed by atoms with Crippen LogP contribution in [0.2, 0.25) is 0 Å². The predicted molar refractivity (Wildman–Crippen MR) is 77.8 cm³/mol. The van der Waals surface area contributed by atoms with E-state index in [-0.39, 0.29) is 18.2 Å². The van der Waals surface area contributed by atoms with E-state index in [0.717, 1.165) is 0 Å². The molecule has 0 radical (unpaired) electrons. The topological polar surface area (TPSA) is 127 Å². The number of rotatable bonds is 7. The number of hydrogen-bond acceptors (Lipinski definition) is 8. The van der Waals surface area contributed by atoms with Crippen LogP contribution in [0.3, 0.4) is 0 Å². The molecule has 21 heavy (non-hydrogen) atoms. The van der Waals surface area contributed by atoms with Gasteiger partial charge in [0.1, 0.15) is 6.33 Å². The minimum atomic E-state index is -3.27. The summed E-state index contributed by atoms with van der Waals surface area (Å²) >= 11 is 0. The maximum atomic E-state index is 11.3. The average Bonchev–Trinajstić information content (AvgIpc) is 3.01. The molecule has 0 spiro atoms. The van der Waals surface area contributed by atoms with Crippen molar-refractivity contribution in [1.29, 1.82) is 0 Å². The van der Waals surface area contributed by atoms with Crippen molar-refractivity contribution in [1.82, 2.24) is 29.2 Å². The minimum Gasteiger partial charge on any atom is -0.357 e. The lowest BCUT2D eigenvalue weighted by molar-refractivity contribution is 0.588. The van der Waals surface area contributed by atoms with Gasteiger partial charge in [-0.05, 0) is 7.05 Å². The molecule has 114 valence electrons. The van der Waals surface area contributed by atoms with Crippen LogP contribution in [0.15, 0.2) is 18.7 Å². The van der Waals surface area contributed by atoms with E-state index in [0.29, 0.717) is 11.9 Å². The molecule has 0 aromatic carbocycles. The first kappa shape index (κ1) is 15.1. The molecule has 2 rings (SSSR count). The van der Waals surface area contributed by atoms with Gasteiger partial charge < -0.3 is 10.6 Å². The Morgan fingerprint density at radius 3 is 2.57 bits per heavy atom. The van der Waals surface area contributed by atoms with E-state index in [4.69, 9.17) is 0 Å². The zero-order chi connectivity index (χ0) is 15.3. The Morgan fingerprint density at radius 2 is 1.95 bits per heavy atom. The van der Waals surface area contributed by atoms with Gasteiger partial charge in [0.25, 0.3) is 0 Å². The molecule has 3 N–H and O–H groups in total. The standard InChI is InChI=1S/C10H16N8O2S/c1-11-8-15-9(14-4-6-21(19,20)12-2)17-10(16-8)18-5-3-13-7-18/h3,5,7,12H,4,6H2,1-2H3,(H2,11,14,15,16,17). The molecule has 0 aliphatic rings. The number of aromatic nitrogens is 5. The van der Waals surface area contributed by atoms with E-state index < -0.39 is 10.0 Å². The van der Waals surface area contributed by atoms with Crippen molar-refractivity contribution in [3.05, 3.63) is 18.7 Å². The molecule has 0 fully saturated rings. The second-order valence-electron chi connectivity index (χ2n) is 3.95. The Kier molecular flexibility index (Phi) is 4.65. The van der Waals surface area contributed by atoms with Crippen molar-refractivity contribution in [2.24, 2.45) is 0 Å². The number of anilines is 2. The van der Waals surface area contributed by atoms with Crippen molar-refractivity contribution in [3.63, 3.8) is 0 Å². The molecule has 10 nitrogen and oxygen atoms in total. The summed E-state index contributed by atoms with van der Waals surface area (Å²) in [5.41, 5.74) is 0. The summed E-state index contributed by atoms with van der Waals surface area (Å²) < 4.78 is 26.5. The molecule has 0 unspecified atom stereocenters. The van der Waals surface area contributed by atoms with Gasteiger partial charge in [0.05, 0.1) is 5.75 Å². The zero-order valence-corrected chi connectivity index (χ0v) is 12.4. The first-order chi connectivity index (χ1) is 10.0. The van der Waals surface area contributed by atoms with Gasteiger partial charge in [-0.3, -0.25) is 4.57 Å². The first-order valence-corrected chi connectivity index (χ1v) is 7.76. The summed E-state index contributed by atoms with van der Waals surface area (Å²) in [6.45, 7) is 0.180. The maximum absolute atomic E-state index is 11.3. The summed E-state index contributed by atoms with van der Waals surface area (Å²) in [6.07, 6.45) is 4.86. The van der Waals surface area contributed by atoms with Crippen LogP contribution in [-0.4, -0.2) is 59.3 Å². The Hall–Kier alpha value is -2.27. The molecule has 0 saturated carbocycles. The van der Waals surface area contributed by atoms with Gasteiger partial charge in [0.2, 0.25) is 27.9 Å². The van der Waals surface area contributed by atoms with Crippen LogP contribution >= 0.6 is 0 Å². The number of sulfonamides is 1. The molecule has 2 aromatic rings. The molecular weight excluding hydrogens is 296 g/mol. The molecule has 0 bridgehead atoms. The Labute approximate surface area is 122 Å². The zero-order valence-electron chi connectivity index (χ0n) is 11.6. The van der Waals surface area contributed by atoms with Crippen molar-refractivity contribution in [3.8, 4) is 5.95 Å². The molecule has 11 heteroatoms. The van der Waals surface area contributed by atoms with Gasteiger partial charge in [-0.1, -0.05) is 0 Å². The molecule has 2 heterocycles.